The highest BCUT2D eigenvalue weighted by Crippen LogP contribution is 2.52. The van der Waals surface area contributed by atoms with Gasteiger partial charge in [0.05, 0.1) is 12.2 Å². The van der Waals surface area contributed by atoms with Crippen LogP contribution in [0.4, 0.5) is 0 Å². The molecular weight excluding hydrogens is 379 g/mol. The second-order valence-corrected chi connectivity index (χ2v) is 8.37. The number of hydrogen-bond donors (Lipinski definition) is 3. The van der Waals surface area contributed by atoms with E-state index in [1.165, 1.54) is 11.9 Å². The minimum atomic E-state index is -3.58. The number of amides is 1. The molecule has 1 saturated heterocycles. The number of primary amides is 1. The number of hydrogen-bond acceptors (Lipinski definition) is 9. The molecule has 27 heavy (non-hydrogen) atoms. The molecule has 2 unspecified atom stereocenters. The van der Waals surface area contributed by atoms with Crippen LogP contribution in [0.3, 0.4) is 0 Å². The lowest BCUT2D eigenvalue weighted by molar-refractivity contribution is -0.0346. The van der Waals surface area contributed by atoms with Gasteiger partial charge in [-0.05, 0) is 33.8 Å². The molecule has 4 atom stereocenters. The van der Waals surface area contributed by atoms with Crippen LogP contribution in [0.15, 0.2) is 18.2 Å². The molecule has 1 aromatic heterocycles. The van der Waals surface area contributed by atoms with Crippen molar-refractivity contribution in [3.63, 3.8) is 0 Å². The Morgan fingerprint density at radius 1 is 1.30 bits per heavy atom. The Balaban J connectivity index is 2.16. The van der Waals surface area contributed by atoms with E-state index in [9.17, 15) is 19.6 Å². The SMILES string of the molecule is CC(C)OP(=O)(/C=C/C1OC(n2cnc(C(N)=O)n2)[C@H](O)[C@@H]1O)OC(C)C. The van der Waals surface area contributed by atoms with Gasteiger partial charge in [-0.3, -0.25) is 9.36 Å². The average Bonchev–Trinajstić information content (AvgIpc) is 3.11. The predicted octanol–water partition coefficient (Wildman–Crippen LogP) is 0.553. The molecule has 1 amide bonds. The van der Waals surface area contributed by atoms with Gasteiger partial charge in [0.2, 0.25) is 5.82 Å². The van der Waals surface area contributed by atoms with Crippen LogP contribution in [0.2, 0.25) is 0 Å². The zero-order valence-corrected chi connectivity index (χ0v) is 16.4. The molecule has 1 aromatic rings. The van der Waals surface area contributed by atoms with E-state index >= 15 is 0 Å². The largest absolute Gasteiger partial charge is 0.387 e. The van der Waals surface area contributed by atoms with Gasteiger partial charge in [-0.15, -0.1) is 5.10 Å². The topological polar surface area (TPSA) is 159 Å². The Bertz CT molecular complexity index is 722. The third-order valence-electron chi connectivity index (χ3n) is 3.44. The van der Waals surface area contributed by atoms with Crippen molar-refractivity contribution in [1.82, 2.24) is 14.8 Å². The Morgan fingerprint density at radius 2 is 1.89 bits per heavy atom. The molecule has 1 fully saturated rings. The lowest BCUT2D eigenvalue weighted by Gasteiger charge is -2.20. The third-order valence-corrected chi connectivity index (χ3v) is 5.41. The number of rotatable bonds is 8. The predicted molar refractivity (Wildman–Crippen MR) is 93.7 cm³/mol. The minimum Gasteiger partial charge on any atom is -0.387 e. The van der Waals surface area contributed by atoms with Gasteiger partial charge < -0.3 is 29.7 Å². The molecule has 0 spiro atoms. The van der Waals surface area contributed by atoms with Gasteiger partial charge in [0, 0.05) is 5.82 Å². The van der Waals surface area contributed by atoms with Crippen LogP contribution in [-0.2, 0) is 18.3 Å². The molecule has 0 saturated carbocycles. The van der Waals surface area contributed by atoms with Crippen molar-refractivity contribution in [2.24, 2.45) is 5.73 Å². The number of aromatic nitrogens is 3. The number of aliphatic hydroxyl groups excluding tert-OH is 2. The van der Waals surface area contributed by atoms with Crippen molar-refractivity contribution in [3.8, 4) is 0 Å². The van der Waals surface area contributed by atoms with E-state index < -0.39 is 38.0 Å². The summed E-state index contributed by atoms with van der Waals surface area (Å²) in [4.78, 5) is 14.8. The normalized spacial score (nSPS) is 26.5. The van der Waals surface area contributed by atoms with Gasteiger partial charge in [-0.2, -0.15) is 0 Å². The number of carbonyl (C=O) groups excluding carboxylic acids is 1. The Hall–Kier alpha value is -1.62. The first-order chi connectivity index (χ1) is 12.5. The summed E-state index contributed by atoms with van der Waals surface area (Å²) in [5, 5.41) is 24.2. The van der Waals surface area contributed by atoms with Gasteiger partial charge in [0.25, 0.3) is 5.91 Å². The van der Waals surface area contributed by atoms with Crippen molar-refractivity contribution >= 4 is 13.5 Å². The maximum Gasteiger partial charge on any atom is 0.354 e. The number of ether oxygens (including phenoxy) is 1. The van der Waals surface area contributed by atoms with E-state index in [4.69, 9.17) is 19.5 Å². The van der Waals surface area contributed by atoms with Gasteiger partial charge in [-0.25, -0.2) is 9.67 Å². The first kappa shape index (κ1) is 21.7. The quantitative estimate of drug-likeness (QED) is 0.526. The van der Waals surface area contributed by atoms with E-state index in [1.807, 2.05) is 0 Å². The highest BCUT2D eigenvalue weighted by Gasteiger charge is 2.43. The second kappa shape index (κ2) is 8.59. The van der Waals surface area contributed by atoms with Gasteiger partial charge in [0.15, 0.2) is 6.23 Å². The van der Waals surface area contributed by atoms with E-state index in [0.29, 0.717) is 0 Å². The summed E-state index contributed by atoms with van der Waals surface area (Å²) in [5.41, 5.74) is 5.09. The van der Waals surface area contributed by atoms with E-state index in [-0.39, 0.29) is 18.0 Å². The molecular formula is C15H25N4O7P. The summed E-state index contributed by atoms with van der Waals surface area (Å²) in [5.74, 6) is 0.113. The molecule has 0 radical (unpaired) electrons. The Labute approximate surface area is 156 Å². The van der Waals surface area contributed by atoms with Crippen LogP contribution in [0, 0.1) is 0 Å². The average molecular weight is 404 g/mol. The van der Waals surface area contributed by atoms with Crippen molar-refractivity contribution in [2.75, 3.05) is 0 Å². The fraction of sp³-hybridized carbons (Fsp3) is 0.667. The molecule has 11 nitrogen and oxygen atoms in total. The maximum absolute atomic E-state index is 12.8. The zero-order chi connectivity index (χ0) is 20.4. The molecule has 0 aliphatic carbocycles. The van der Waals surface area contributed by atoms with E-state index in [2.05, 4.69) is 10.1 Å². The highest BCUT2D eigenvalue weighted by molar-refractivity contribution is 7.57. The standard InChI is InChI=1S/C15H25N4O7P/c1-8(2)25-27(23,26-9(3)4)6-5-10-11(20)12(21)15(24-10)19-7-17-14(18-19)13(16)22/h5-12,15,20-21H,1-4H3,(H2,16,22)/b6-5+/t10?,11-,12-,15?/m1/s1. The summed E-state index contributed by atoms with van der Waals surface area (Å²) in [6, 6.07) is 0. The van der Waals surface area contributed by atoms with Crippen LogP contribution in [0.1, 0.15) is 44.5 Å². The van der Waals surface area contributed by atoms with Crippen molar-refractivity contribution in [3.05, 3.63) is 24.0 Å². The molecule has 0 aromatic carbocycles. The lowest BCUT2D eigenvalue weighted by Crippen LogP contribution is -2.31. The molecule has 1 aliphatic heterocycles. The summed E-state index contributed by atoms with van der Waals surface area (Å²) < 4.78 is 30.2. The first-order valence-corrected chi connectivity index (χ1v) is 10.0. The Kier molecular flexibility index (Phi) is 6.90. The molecule has 12 heteroatoms. The van der Waals surface area contributed by atoms with Gasteiger partial charge >= 0.3 is 7.60 Å². The zero-order valence-electron chi connectivity index (χ0n) is 15.5. The summed E-state index contributed by atoms with van der Waals surface area (Å²) in [7, 11) is -3.58. The van der Waals surface area contributed by atoms with Crippen LogP contribution >= 0.6 is 7.60 Å². The molecule has 2 rings (SSSR count). The Morgan fingerprint density at radius 3 is 2.37 bits per heavy atom. The third kappa shape index (κ3) is 5.44. The van der Waals surface area contributed by atoms with Crippen molar-refractivity contribution < 1.29 is 33.4 Å². The first-order valence-electron chi connectivity index (χ1n) is 8.41. The molecule has 0 bridgehead atoms. The van der Waals surface area contributed by atoms with Crippen molar-refractivity contribution in [1.29, 1.82) is 0 Å². The van der Waals surface area contributed by atoms with Crippen LogP contribution in [0.25, 0.3) is 0 Å². The van der Waals surface area contributed by atoms with Gasteiger partial charge in [0.1, 0.15) is 24.6 Å². The van der Waals surface area contributed by atoms with E-state index in [1.54, 1.807) is 27.7 Å². The fourth-order valence-electron chi connectivity index (χ4n) is 2.45. The lowest BCUT2D eigenvalue weighted by atomic mass is 10.1. The minimum absolute atomic E-state index is 0.251. The number of nitrogens with zero attached hydrogens (tertiary/aromatic N) is 3. The summed E-state index contributed by atoms with van der Waals surface area (Å²) in [6.45, 7) is 6.86. The molecule has 1 aliphatic rings. The van der Waals surface area contributed by atoms with E-state index in [0.717, 1.165) is 11.0 Å². The second-order valence-electron chi connectivity index (χ2n) is 6.57. The summed E-state index contributed by atoms with van der Waals surface area (Å²) >= 11 is 0. The van der Waals surface area contributed by atoms with Gasteiger partial charge in [-0.1, -0.05) is 0 Å². The number of carbonyl (C=O) groups is 1. The molecule has 4 N–H and O–H groups in total. The maximum atomic E-state index is 12.8. The smallest absolute Gasteiger partial charge is 0.354 e. The molecule has 152 valence electrons. The van der Waals surface area contributed by atoms with Crippen molar-refractivity contribution in [2.45, 2.75) is 64.4 Å². The highest BCUT2D eigenvalue weighted by atomic mass is 31.2. The molecule has 2 heterocycles. The van der Waals surface area contributed by atoms with Crippen LogP contribution in [-0.4, -0.2) is 61.4 Å². The monoisotopic (exact) mass is 404 g/mol. The number of aliphatic hydroxyl groups is 2. The fourth-order valence-corrected chi connectivity index (χ4v) is 4.19. The summed E-state index contributed by atoms with van der Waals surface area (Å²) in [6.07, 6.45) is -3.05. The number of nitrogens with two attached hydrogens (primary N) is 1. The van der Waals surface area contributed by atoms with Crippen LogP contribution in [0.5, 0.6) is 0 Å². The van der Waals surface area contributed by atoms with Crippen LogP contribution < -0.4 is 5.73 Å².